The summed E-state index contributed by atoms with van der Waals surface area (Å²) in [5.41, 5.74) is 0. The van der Waals surface area contributed by atoms with Crippen LogP contribution in [0.2, 0.25) is 0 Å². The maximum atomic E-state index is 11.2. The Morgan fingerprint density at radius 3 is 3.09 bits per heavy atom. The van der Waals surface area contributed by atoms with Crippen molar-refractivity contribution >= 4 is 17.4 Å². The van der Waals surface area contributed by atoms with E-state index in [0.29, 0.717) is 24.7 Å². The second-order valence-corrected chi connectivity index (χ2v) is 4.34. The Hall–Kier alpha value is -0.0800. The van der Waals surface area contributed by atoms with Crippen molar-refractivity contribution in [1.82, 2.24) is 4.90 Å². The average molecular weight is 174 g/mol. The SMILES string of the molecule is CN1[C@H]2CC[C@]1(Cl)CC(=O)C2. The van der Waals surface area contributed by atoms with Gasteiger partial charge in [0.1, 0.15) is 10.8 Å². The Balaban J connectivity index is 2.27. The first-order chi connectivity index (χ1) is 5.12. The molecule has 2 atom stereocenters. The molecule has 0 aromatic rings. The van der Waals surface area contributed by atoms with Gasteiger partial charge >= 0.3 is 0 Å². The van der Waals surface area contributed by atoms with E-state index in [-0.39, 0.29) is 5.00 Å². The van der Waals surface area contributed by atoms with Gasteiger partial charge in [-0.3, -0.25) is 9.69 Å². The topological polar surface area (TPSA) is 20.3 Å². The van der Waals surface area contributed by atoms with Crippen LogP contribution in [0.3, 0.4) is 0 Å². The third-order valence-corrected chi connectivity index (χ3v) is 3.56. The van der Waals surface area contributed by atoms with Crippen LogP contribution in [-0.4, -0.2) is 28.8 Å². The number of hydrogen-bond acceptors (Lipinski definition) is 2. The lowest BCUT2D eigenvalue weighted by Crippen LogP contribution is -2.46. The summed E-state index contributed by atoms with van der Waals surface area (Å²) in [6.07, 6.45) is 3.32. The molecule has 0 aromatic heterocycles. The number of hydrogen-bond donors (Lipinski definition) is 0. The maximum Gasteiger partial charge on any atom is 0.137 e. The minimum atomic E-state index is -0.319. The molecule has 2 bridgehead atoms. The van der Waals surface area contributed by atoms with Crippen LogP contribution in [0.25, 0.3) is 0 Å². The van der Waals surface area contributed by atoms with Gasteiger partial charge in [0.2, 0.25) is 0 Å². The van der Waals surface area contributed by atoms with E-state index < -0.39 is 0 Å². The van der Waals surface area contributed by atoms with Gasteiger partial charge in [0.15, 0.2) is 0 Å². The molecule has 2 heterocycles. The standard InChI is InChI=1S/C8H12ClNO/c1-10-6-2-3-8(10,9)5-7(11)4-6/h6H,2-5H2,1H3/t6-,8+/m0/s1. The molecule has 0 N–H and O–H groups in total. The Morgan fingerprint density at radius 1 is 1.73 bits per heavy atom. The van der Waals surface area contributed by atoms with E-state index in [1.807, 2.05) is 7.05 Å². The normalized spacial score (nSPS) is 44.9. The fraction of sp³-hybridized carbons (Fsp3) is 0.875. The predicted octanol–water partition coefficient (Wildman–Crippen LogP) is 1.38. The zero-order valence-electron chi connectivity index (χ0n) is 6.64. The molecule has 2 rings (SSSR count). The van der Waals surface area contributed by atoms with Gasteiger partial charge in [-0.1, -0.05) is 0 Å². The number of halogens is 1. The monoisotopic (exact) mass is 173 g/mol. The minimum absolute atomic E-state index is 0.319. The highest BCUT2D eigenvalue weighted by atomic mass is 35.5. The summed E-state index contributed by atoms with van der Waals surface area (Å²) in [7, 11) is 2.02. The first-order valence-corrected chi connectivity index (χ1v) is 4.43. The number of alkyl halides is 1. The largest absolute Gasteiger partial charge is 0.300 e. The molecule has 3 heteroatoms. The van der Waals surface area contributed by atoms with Crippen LogP contribution in [0.15, 0.2) is 0 Å². The van der Waals surface area contributed by atoms with E-state index in [1.54, 1.807) is 0 Å². The van der Waals surface area contributed by atoms with Crippen molar-refractivity contribution in [3.8, 4) is 0 Å². The molecule has 2 aliphatic rings. The van der Waals surface area contributed by atoms with Gasteiger partial charge in [0.25, 0.3) is 0 Å². The summed E-state index contributed by atoms with van der Waals surface area (Å²) in [6.45, 7) is 0. The van der Waals surface area contributed by atoms with E-state index in [1.165, 1.54) is 0 Å². The third-order valence-electron chi connectivity index (χ3n) is 2.97. The van der Waals surface area contributed by atoms with Crippen molar-refractivity contribution in [2.45, 2.75) is 36.7 Å². The summed E-state index contributed by atoms with van der Waals surface area (Å²) in [6, 6.07) is 0.425. The fourth-order valence-corrected chi connectivity index (χ4v) is 2.57. The van der Waals surface area contributed by atoms with E-state index in [0.717, 1.165) is 12.8 Å². The zero-order valence-corrected chi connectivity index (χ0v) is 7.40. The summed E-state index contributed by atoms with van der Waals surface area (Å²) in [4.78, 5) is 13.0. The lowest BCUT2D eigenvalue weighted by atomic mass is 10.0. The van der Waals surface area contributed by atoms with Crippen molar-refractivity contribution < 1.29 is 4.79 Å². The molecule has 2 nitrogen and oxygen atoms in total. The van der Waals surface area contributed by atoms with Crippen LogP contribution in [0, 0.1) is 0 Å². The van der Waals surface area contributed by atoms with Crippen molar-refractivity contribution in [3.05, 3.63) is 0 Å². The molecule has 0 amide bonds. The maximum absolute atomic E-state index is 11.2. The molecular formula is C8H12ClNO. The van der Waals surface area contributed by atoms with Gasteiger partial charge in [0.05, 0.1) is 0 Å². The van der Waals surface area contributed by atoms with E-state index in [4.69, 9.17) is 11.6 Å². The highest BCUT2D eigenvalue weighted by Crippen LogP contribution is 2.43. The Labute approximate surface area is 71.5 Å². The van der Waals surface area contributed by atoms with E-state index >= 15 is 0 Å². The number of nitrogens with zero attached hydrogens (tertiary/aromatic N) is 1. The van der Waals surface area contributed by atoms with Crippen molar-refractivity contribution in [3.63, 3.8) is 0 Å². The van der Waals surface area contributed by atoms with Gasteiger partial charge < -0.3 is 0 Å². The molecule has 0 unspecified atom stereocenters. The number of fused-ring (bicyclic) bond motifs is 2. The Morgan fingerprint density at radius 2 is 2.45 bits per heavy atom. The van der Waals surface area contributed by atoms with E-state index in [2.05, 4.69) is 4.90 Å². The fourth-order valence-electron chi connectivity index (χ4n) is 2.17. The van der Waals surface area contributed by atoms with Gasteiger partial charge in [-0.2, -0.15) is 0 Å². The summed E-state index contributed by atoms with van der Waals surface area (Å²) in [5, 5.41) is 0. The molecular weight excluding hydrogens is 162 g/mol. The molecule has 2 saturated heterocycles. The predicted molar refractivity (Wildman–Crippen MR) is 43.6 cm³/mol. The molecule has 0 spiro atoms. The number of carbonyl (C=O) groups is 1. The Kier molecular flexibility index (Phi) is 1.52. The quantitative estimate of drug-likeness (QED) is 0.408. The number of piperidine rings is 1. The van der Waals surface area contributed by atoms with Gasteiger partial charge in [-0.05, 0) is 19.9 Å². The van der Waals surface area contributed by atoms with Gasteiger partial charge in [-0.25, -0.2) is 0 Å². The molecule has 2 fully saturated rings. The van der Waals surface area contributed by atoms with Crippen LogP contribution >= 0.6 is 11.6 Å². The van der Waals surface area contributed by atoms with Gasteiger partial charge in [-0.15, -0.1) is 11.6 Å². The van der Waals surface area contributed by atoms with Gasteiger partial charge in [0, 0.05) is 18.9 Å². The number of rotatable bonds is 0. The molecule has 11 heavy (non-hydrogen) atoms. The third kappa shape index (κ3) is 1.00. The van der Waals surface area contributed by atoms with Crippen molar-refractivity contribution in [1.29, 1.82) is 0 Å². The van der Waals surface area contributed by atoms with E-state index in [9.17, 15) is 4.79 Å². The number of ketones is 1. The summed E-state index contributed by atoms with van der Waals surface area (Å²) in [5.74, 6) is 0.334. The number of Topliss-reactive ketones (excluding diaryl/α,β-unsaturated/α-hetero) is 1. The van der Waals surface area contributed by atoms with Crippen LogP contribution < -0.4 is 0 Å². The van der Waals surface area contributed by atoms with Crippen molar-refractivity contribution in [2.75, 3.05) is 7.05 Å². The Bertz CT molecular complexity index is 206. The molecule has 0 aromatic carbocycles. The second kappa shape index (κ2) is 2.20. The average Bonchev–Trinajstić information content (AvgIpc) is 2.17. The first-order valence-electron chi connectivity index (χ1n) is 4.05. The lowest BCUT2D eigenvalue weighted by molar-refractivity contribution is -0.123. The van der Waals surface area contributed by atoms with Crippen LogP contribution in [-0.2, 0) is 4.79 Å². The molecule has 2 aliphatic heterocycles. The van der Waals surface area contributed by atoms with Crippen LogP contribution in [0.1, 0.15) is 25.7 Å². The summed E-state index contributed by atoms with van der Waals surface area (Å²) >= 11 is 6.25. The lowest BCUT2D eigenvalue weighted by Gasteiger charge is -2.36. The smallest absolute Gasteiger partial charge is 0.137 e. The molecule has 62 valence electrons. The minimum Gasteiger partial charge on any atom is -0.300 e. The zero-order chi connectivity index (χ0) is 8.06. The van der Waals surface area contributed by atoms with Crippen LogP contribution in [0.4, 0.5) is 0 Å². The number of carbonyl (C=O) groups excluding carboxylic acids is 1. The second-order valence-electron chi connectivity index (χ2n) is 3.64. The molecule has 0 aliphatic carbocycles. The first kappa shape index (κ1) is 7.56. The highest BCUT2D eigenvalue weighted by molar-refractivity contribution is 6.25. The van der Waals surface area contributed by atoms with Crippen LogP contribution in [0.5, 0.6) is 0 Å². The summed E-state index contributed by atoms with van der Waals surface area (Å²) < 4.78 is 0. The highest BCUT2D eigenvalue weighted by Gasteiger charge is 2.48. The molecule has 0 radical (unpaired) electrons. The molecule has 0 saturated carbocycles. The van der Waals surface area contributed by atoms with Crippen molar-refractivity contribution in [2.24, 2.45) is 0 Å².